The van der Waals surface area contributed by atoms with Crippen molar-refractivity contribution in [2.24, 2.45) is 0 Å². The van der Waals surface area contributed by atoms with Crippen LogP contribution in [0.5, 0.6) is 0 Å². The Morgan fingerprint density at radius 2 is 1.91 bits per heavy atom. The van der Waals surface area contributed by atoms with Crippen molar-refractivity contribution < 1.29 is 40.8 Å². The predicted octanol–water partition coefficient (Wildman–Crippen LogP) is 1.47. The summed E-state index contributed by atoms with van der Waals surface area (Å²) in [5, 5.41) is -4.64. The van der Waals surface area contributed by atoms with E-state index in [0.717, 1.165) is 3.57 Å². The van der Waals surface area contributed by atoms with E-state index in [4.69, 9.17) is 4.55 Å². The molecule has 0 aromatic heterocycles. The predicted molar refractivity (Wildman–Crippen MR) is 76.9 cm³/mol. The van der Waals surface area contributed by atoms with Crippen molar-refractivity contribution >= 4 is 44.6 Å². The molecule has 0 aliphatic heterocycles. The molecule has 7 nitrogen and oxygen atoms in total. The van der Waals surface area contributed by atoms with Crippen LogP contribution in [0.1, 0.15) is 10.4 Å². The molecule has 0 spiro atoms. The number of ether oxygens (including phenoxy) is 2. The minimum atomic E-state index is -5.70. The van der Waals surface area contributed by atoms with Crippen molar-refractivity contribution in [3.63, 3.8) is 0 Å². The van der Waals surface area contributed by atoms with E-state index < -0.39 is 40.5 Å². The van der Waals surface area contributed by atoms with Gasteiger partial charge >= 0.3 is 27.3 Å². The van der Waals surface area contributed by atoms with E-state index in [1.807, 2.05) is 22.6 Å². The van der Waals surface area contributed by atoms with Crippen molar-refractivity contribution in [3.8, 4) is 0 Å². The van der Waals surface area contributed by atoms with E-state index in [1.54, 1.807) is 12.1 Å². The number of rotatable bonds is 6. The Balaban J connectivity index is 2.49. The molecular weight excluding hydrogens is 441 g/mol. The first kappa shape index (κ1) is 18.7. The molecule has 0 amide bonds. The molecule has 0 heterocycles. The molecule has 0 aliphatic carbocycles. The fourth-order valence-corrected chi connectivity index (χ4v) is 1.85. The first-order chi connectivity index (χ1) is 10.0. The lowest BCUT2D eigenvalue weighted by atomic mass is 10.2. The molecule has 1 aromatic carbocycles. The Morgan fingerprint density at radius 1 is 1.27 bits per heavy atom. The van der Waals surface area contributed by atoms with Gasteiger partial charge in [0, 0.05) is 3.57 Å². The third-order valence-corrected chi connectivity index (χ3v) is 3.70. The smallest absolute Gasteiger partial charge is 0.402 e. The molecule has 0 fully saturated rings. The number of halogens is 3. The Morgan fingerprint density at radius 3 is 2.45 bits per heavy atom. The molecule has 0 atom stereocenters. The molecule has 0 saturated heterocycles. The zero-order valence-electron chi connectivity index (χ0n) is 10.7. The maximum atomic E-state index is 12.8. The monoisotopic (exact) mass is 450 g/mol. The molecule has 22 heavy (non-hydrogen) atoms. The van der Waals surface area contributed by atoms with E-state index in [0.29, 0.717) is 0 Å². The van der Waals surface area contributed by atoms with Crippen LogP contribution >= 0.6 is 22.6 Å². The summed E-state index contributed by atoms with van der Waals surface area (Å²) in [4.78, 5) is 22.7. The number of carbonyl (C=O) groups excluding carboxylic acids is 2. The standard InChI is InChI=1S/C11H9F2IO7S/c12-11(13,22(17,18)19)6-21-9(15)5-20-10(16)7-2-1-3-8(14)4-7/h1-4H,5-6H2,(H,17,18,19). The van der Waals surface area contributed by atoms with Crippen LogP contribution in [0.15, 0.2) is 24.3 Å². The SMILES string of the molecule is O=C(COC(=O)c1cccc(I)c1)OCC(F)(F)S(=O)(=O)O. The second kappa shape index (κ2) is 7.28. The number of carbonyl (C=O) groups is 2. The van der Waals surface area contributed by atoms with Gasteiger partial charge in [-0.2, -0.15) is 17.2 Å². The molecule has 0 aliphatic rings. The van der Waals surface area contributed by atoms with Gasteiger partial charge in [0.15, 0.2) is 13.2 Å². The summed E-state index contributed by atoms with van der Waals surface area (Å²) in [6, 6.07) is 6.18. The summed E-state index contributed by atoms with van der Waals surface area (Å²) in [6.45, 7) is -2.86. The van der Waals surface area contributed by atoms with Crippen LogP contribution in [0, 0.1) is 3.57 Å². The van der Waals surface area contributed by atoms with Crippen LogP contribution in [0.2, 0.25) is 0 Å². The Hall–Kier alpha value is -1.34. The van der Waals surface area contributed by atoms with E-state index >= 15 is 0 Å². The molecule has 1 rings (SSSR count). The minimum Gasteiger partial charge on any atom is -0.455 e. The van der Waals surface area contributed by atoms with Crippen molar-refractivity contribution in [2.45, 2.75) is 5.25 Å². The zero-order valence-corrected chi connectivity index (χ0v) is 13.6. The summed E-state index contributed by atoms with van der Waals surface area (Å²) in [7, 11) is -5.70. The van der Waals surface area contributed by atoms with Gasteiger partial charge in [0.05, 0.1) is 5.56 Å². The molecule has 11 heteroatoms. The lowest BCUT2D eigenvalue weighted by Crippen LogP contribution is -2.35. The van der Waals surface area contributed by atoms with Crippen molar-refractivity contribution in [3.05, 3.63) is 33.4 Å². The van der Waals surface area contributed by atoms with Gasteiger partial charge in [0.25, 0.3) is 0 Å². The normalized spacial score (nSPS) is 11.8. The maximum absolute atomic E-state index is 12.8. The fraction of sp³-hybridized carbons (Fsp3) is 0.273. The number of benzene rings is 1. The zero-order chi connectivity index (χ0) is 17.0. The van der Waals surface area contributed by atoms with E-state index in [9.17, 15) is 26.8 Å². The summed E-state index contributed by atoms with van der Waals surface area (Å²) >= 11 is 1.95. The third-order valence-electron chi connectivity index (χ3n) is 2.16. The van der Waals surface area contributed by atoms with Gasteiger partial charge < -0.3 is 9.47 Å². The largest absolute Gasteiger partial charge is 0.455 e. The first-order valence-corrected chi connectivity index (χ1v) is 7.98. The van der Waals surface area contributed by atoms with Gasteiger partial charge in [-0.25, -0.2) is 9.59 Å². The lowest BCUT2D eigenvalue weighted by molar-refractivity contribution is -0.153. The summed E-state index contributed by atoms with van der Waals surface area (Å²) < 4.78 is 63.5. The van der Waals surface area contributed by atoms with Crippen LogP contribution < -0.4 is 0 Å². The Kier molecular flexibility index (Phi) is 6.19. The highest BCUT2D eigenvalue weighted by Gasteiger charge is 2.45. The molecule has 0 radical (unpaired) electrons. The third kappa shape index (κ3) is 5.46. The highest BCUT2D eigenvalue weighted by atomic mass is 127. The average Bonchev–Trinajstić information content (AvgIpc) is 2.41. The first-order valence-electron chi connectivity index (χ1n) is 5.46. The highest BCUT2D eigenvalue weighted by molar-refractivity contribution is 14.1. The number of esters is 2. The molecule has 0 saturated carbocycles. The van der Waals surface area contributed by atoms with Crippen molar-refractivity contribution in [1.82, 2.24) is 0 Å². The van der Waals surface area contributed by atoms with Crippen molar-refractivity contribution in [2.75, 3.05) is 13.2 Å². The van der Waals surface area contributed by atoms with E-state index in [-0.39, 0.29) is 5.56 Å². The quantitative estimate of drug-likeness (QED) is 0.398. The lowest BCUT2D eigenvalue weighted by Gasteiger charge is -2.13. The van der Waals surface area contributed by atoms with Gasteiger partial charge in [-0.15, -0.1) is 0 Å². The van der Waals surface area contributed by atoms with Crippen LogP contribution in [-0.4, -0.2) is 43.4 Å². The minimum absolute atomic E-state index is 0.142. The number of hydrogen-bond donors (Lipinski definition) is 1. The Labute approximate surface area is 137 Å². The highest BCUT2D eigenvalue weighted by Crippen LogP contribution is 2.20. The second-order valence-electron chi connectivity index (χ2n) is 3.86. The van der Waals surface area contributed by atoms with E-state index in [2.05, 4.69) is 9.47 Å². The molecule has 0 bridgehead atoms. The van der Waals surface area contributed by atoms with Gasteiger partial charge in [-0.1, -0.05) is 6.07 Å². The van der Waals surface area contributed by atoms with Gasteiger partial charge in [0.2, 0.25) is 0 Å². The molecule has 122 valence electrons. The number of alkyl halides is 2. The van der Waals surface area contributed by atoms with Crippen LogP contribution in [-0.2, 0) is 24.4 Å². The maximum Gasteiger partial charge on any atom is 0.402 e. The Bertz CT molecular complexity index is 675. The fourth-order valence-electron chi connectivity index (χ4n) is 1.10. The second-order valence-corrected chi connectivity index (χ2v) is 6.65. The van der Waals surface area contributed by atoms with Gasteiger partial charge in [-0.05, 0) is 40.8 Å². The van der Waals surface area contributed by atoms with Crippen LogP contribution in [0.4, 0.5) is 8.78 Å². The van der Waals surface area contributed by atoms with Crippen molar-refractivity contribution in [1.29, 1.82) is 0 Å². The van der Waals surface area contributed by atoms with Crippen LogP contribution in [0.25, 0.3) is 0 Å². The number of hydrogen-bond acceptors (Lipinski definition) is 6. The average molecular weight is 450 g/mol. The molecule has 0 unspecified atom stereocenters. The molecule has 1 aromatic rings. The summed E-state index contributed by atoms with van der Waals surface area (Å²) in [5.74, 6) is -2.26. The van der Waals surface area contributed by atoms with E-state index in [1.165, 1.54) is 12.1 Å². The van der Waals surface area contributed by atoms with Gasteiger partial charge in [0.1, 0.15) is 0 Å². The molecule has 1 N–H and O–H groups in total. The summed E-state index contributed by atoms with van der Waals surface area (Å²) in [6.07, 6.45) is 0. The summed E-state index contributed by atoms with van der Waals surface area (Å²) in [5.41, 5.74) is 0.142. The topological polar surface area (TPSA) is 107 Å². The molecular formula is C11H9F2IO7S. The van der Waals surface area contributed by atoms with Gasteiger partial charge in [-0.3, -0.25) is 4.55 Å². The van der Waals surface area contributed by atoms with Crippen LogP contribution in [0.3, 0.4) is 0 Å².